The van der Waals surface area contributed by atoms with Crippen molar-refractivity contribution in [1.29, 1.82) is 0 Å². The number of aromatic nitrogens is 1. The maximum Gasteiger partial charge on any atom is 0.172 e. The van der Waals surface area contributed by atoms with Gasteiger partial charge in [-0.1, -0.05) is 18.0 Å². The van der Waals surface area contributed by atoms with E-state index < -0.39 is 0 Å². The summed E-state index contributed by atoms with van der Waals surface area (Å²) in [6, 6.07) is 3.63. The van der Waals surface area contributed by atoms with Crippen LogP contribution in [-0.4, -0.2) is 21.3 Å². The Kier molecular flexibility index (Phi) is 3.66. The fourth-order valence-electron chi connectivity index (χ4n) is 1.90. The molecule has 1 heterocycles. The Labute approximate surface area is 98.9 Å². The van der Waals surface area contributed by atoms with Gasteiger partial charge in [0.25, 0.3) is 0 Å². The molecule has 1 aliphatic rings. The van der Waals surface area contributed by atoms with Gasteiger partial charge < -0.3 is 10.9 Å². The second-order valence-electron chi connectivity index (χ2n) is 3.87. The van der Waals surface area contributed by atoms with Crippen LogP contribution in [0.5, 0.6) is 0 Å². The van der Waals surface area contributed by atoms with Crippen LogP contribution in [0.2, 0.25) is 0 Å². The maximum absolute atomic E-state index is 8.70. The Hall–Kier alpha value is -1.23. The van der Waals surface area contributed by atoms with Crippen LogP contribution < -0.4 is 5.73 Å². The van der Waals surface area contributed by atoms with Crippen LogP contribution in [-0.2, 0) is 0 Å². The smallest absolute Gasteiger partial charge is 0.172 e. The molecule has 3 N–H and O–H groups in total. The number of pyridine rings is 1. The Bertz CT molecular complexity index is 389. The molecule has 4 nitrogen and oxygen atoms in total. The van der Waals surface area contributed by atoms with Gasteiger partial charge in [0.05, 0.1) is 5.56 Å². The van der Waals surface area contributed by atoms with Crippen molar-refractivity contribution < 1.29 is 5.21 Å². The molecule has 0 amide bonds. The highest BCUT2D eigenvalue weighted by molar-refractivity contribution is 7.99. The van der Waals surface area contributed by atoms with Crippen LogP contribution in [0.4, 0.5) is 0 Å². The molecule has 0 spiro atoms. The normalized spacial score (nSPS) is 17.9. The van der Waals surface area contributed by atoms with E-state index in [1.807, 2.05) is 6.07 Å². The van der Waals surface area contributed by atoms with Gasteiger partial charge in [0.2, 0.25) is 0 Å². The summed E-state index contributed by atoms with van der Waals surface area (Å²) in [5.74, 6) is 0.133. The number of oxime groups is 1. The zero-order valence-corrected chi connectivity index (χ0v) is 9.78. The van der Waals surface area contributed by atoms with Gasteiger partial charge >= 0.3 is 0 Å². The highest BCUT2D eigenvalue weighted by Gasteiger charge is 2.19. The monoisotopic (exact) mass is 237 g/mol. The molecule has 0 aromatic carbocycles. The van der Waals surface area contributed by atoms with E-state index in [4.69, 9.17) is 10.9 Å². The lowest BCUT2D eigenvalue weighted by Crippen LogP contribution is -2.15. The molecular formula is C11H15N3OS. The van der Waals surface area contributed by atoms with Crippen molar-refractivity contribution in [2.75, 3.05) is 0 Å². The summed E-state index contributed by atoms with van der Waals surface area (Å²) in [4.78, 5) is 4.30. The lowest BCUT2D eigenvalue weighted by molar-refractivity contribution is 0.318. The molecule has 5 heteroatoms. The predicted octanol–water partition coefficient (Wildman–Crippen LogP) is 2.21. The van der Waals surface area contributed by atoms with Gasteiger partial charge in [-0.25, -0.2) is 4.98 Å². The summed E-state index contributed by atoms with van der Waals surface area (Å²) in [5, 5.41) is 13.2. The Balaban J connectivity index is 2.19. The standard InChI is InChI=1S/C11H15N3OS/c12-10(14-15)9-6-3-7-13-11(9)16-8-4-1-2-5-8/h3,6-8,15H,1-2,4-5H2,(H2,12,14). The van der Waals surface area contributed by atoms with Crippen LogP contribution in [0.15, 0.2) is 28.5 Å². The minimum Gasteiger partial charge on any atom is -0.409 e. The van der Waals surface area contributed by atoms with Gasteiger partial charge in [-0.05, 0) is 25.0 Å². The third kappa shape index (κ3) is 2.47. The van der Waals surface area contributed by atoms with Crippen molar-refractivity contribution in [2.24, 2.45) is 10.9 Å². The van der Waals surface area contributed by atoms with Gasteiger partial charge in [-0.2, -0.15) is 0 Å². The first-order chi connectivity index (χ1) is 7.81. The van der Waals surface area contributed by atoms with Crippen molar-refractivity contribution in [3.63, 3.8) is 0 Å². The summed E-state index contributed by atoms with van der Waals surface area (Å²) < 4.78 is 0. The molecule has 0 bridgehead atoms. The second-order valence-corrected chi connectivity index (χ2v) is 5.15. The number of amidine groups is 1. The van der Waals surface area contributed by atoms with Crippen molar-refractivity contribution in [3.05, 3.63) is 23.9 Å². The van der Waals surface area contributed by atoms with Gasteiger partial charge in [0.1, 0.15) is 5.03 Å². The fraction of sp³-hybridized carbons (Fsp3) is 0.455. The lowest BCUT2D eigenvalue weighted by Gasteiger charge is -2.10. The summed E-state index contributed by atoms with van der Waals surface area (Å²) in [6.07, 6.45) is 6.80. The predicted molar refractivity (Wildman–Crippen MR) is 64.9 cm³/mol. The average molecular weight is 237 g/mol. The summed E-state index contributed by atoms with van der Waals surface area (Å²) in [6.45, 7) is 0. The number of hydrogen-bond acceptors (Lipinski definition) is 4. The first kappa shape index (κ1) is 11.3. The van der Waals surface area contributed by atoms with E-state index >= 15 is 0 Å². The van der Waals surface area contributed by atoms with Crippen molar-refractivity contribution in [3.8, 4) is 0 Å². The minimum absolute atomic E-state index is 0.133. The average Bonchev–Trinajstić information content (AvgIpc) is 2.82. The molecular weight excluding hydrogens is 222 g/mol. The molecule has 86 valence electrons. The van der Waals surface area contributed by atoms with E-state index in [2.05, 4.69) is 10.1 Å². The van der Waals surface area contributed by atoms with E-state index in [0.717, 1.165) is 10.6 Å². The van der Waals surface area contributed by atoms with Crippen LogP contribution in [0.25, 0.3) is 0 Å². The van der Waals surface area contributed by atoms with Crippen LogP contribution in [0.3, 0.4) is 0 Å². The number of nitrogens with two attached hydrogens (primary N) is 1. The van der Waals surface area contributed by atoms with Crippen molar-refractivity contribution in [1.82, 2.24) is 4.98 Å². The molecule has 0 radical (unpaired) electrons. The Morgan fingerprint density at radius 1 is 1.50 bits per heavy atom. The molecule has 0 unspecified atom stereocenters. The third-order valence-corrected chi connectivity index (χ3v) is 4.09. The molecule has 1 aromatic rings. The first-order valence-electron chi connectivity index (χ1n) is 5.41. The summed E-state index contributed by atoms with van der Waals surface area (Å²) in [7, 11) is 0. The number of thioether (sulfide) groups is 1. The fourth-order valence-corrected chi connectivity index (χ4v) is 3.20. The Morgan fingerprint density at radius 3 is 2.94 bits per heavy atom. The Morgan fingerprint density at radius 2 is 2.25 bits per heavy atom. The molecule has 2 rings (SSSR count). The number of nitrogens with zero attached hydrogens (tertiary/aromatic N) is 2. The molecule has 1 aromatic heterocycles. The SMILES string of the molecule is NC(=NO)c1cccnc1SC1CCCC1. The zero-order valence-electron chi connectivity index (χ0n) is 8.97. The van der Waals surface area contributed by atoms with E-state index in [9.17, 15) is 0 Å². The highest BCUT2D eigenvalue weighted by Crippen LogP contribution is 2.34. The van der Waals surface area contributed by atoms with Gasteiger partial charge in [0.15, 0.2) is 5.84 Å². The lowest BCUT2D eigenvalue weighted by atomic mass is 10.3. The van der Waals surface area contributed by atoms with Gasteiger partial charge in [-0.15, -0.1) is 11.8 Å². The maximum atomic E-state index is 8.70. The summed E-state index contributed by atoms with van der Waals surface area (Å²) >= 11 is 1.74. The van der Waals surface area contributed by atoms with Gasteiger partial charge in [0, 0.05) is 11.4 Å². The molecule has 0 saturated heterocycles. The highest BCUT2D eigenvalue weighted by atomic mass is 32.2. The summed E-state index contributed by atoms with van der Waals surface area (Å²) in [5.41, 5.74) is 6.34. The molecule has 16 heavy (non-hydrogen) atoms. The van der Waals surface area contributed by atoms with E-state index in [0.29, 0.717) is 5.25 Å². The van der Waals surface area contributed by atoms with Crippen LogP contribution in [0.1, 0.15) is 31.2 Å². The van der Waals surface area contributed by atoms with Crippen molar-refractivity contribution in [2.45, 2.75) is 36.0 Å². The van der Waals surface area contributed by atoms with Crippen LogP contribution in [0, 0.1) is 0 Å². The van der Waals surface area contributed by atoms with E-state index in [1.54, 1.807) is 24.0 Å². The third-order valence-electron chi connectivity index (χ3n) is 2.74. The molecule has 1 fully saturated rings. The molecule has 1 saturated carbocycles. The molecule has 0 atom stereocenters. The van der Waals surface area contributed by atoms with Crippen molar-refractivity contribution >= 4 is 17.6 Å². The number of rotatable bonds is 3. The largest absolute Gasteiger partial charge is 0.409 e. The van der Waals surface area contributed by atoms with Gasteiger partial charge in [-0.3, -0.25) is 0 Å². The quantitative estimate of drug-likeness (QED) is 0.366. The zero-order chi connectivity index (χ0) is 11.4. The minimum atomic E-state index is 0.133. The second kappa shape index (κ2) is 5.21. The molecule has 0 aliphatic heterocycles. The molecule has 1 aliphatic carbocycles. The first-order valence-corrected chi connectivity index (χ1v) is 6.29. The topological polar surface area (TPSA) is 71.5 Å². The van der Waals surface area contributed by atoms with Crippen LogP contribution >= 0.6 is 11.8 Å². The van der Waals surface area contributed by atoms with E-state index in [-0.39, 0.29) is 5.84 Å². The number of hydrogen-bond donors (Lipinski definition) is 2. The van der Waals surface area contributed by atoms with E-state index in [1.165, 1.54) is 25.7 Å².